The highest BCUT2D eigenvalue weighted by Gasteiger charge is 2.21. The Morgan fingerprint density at radius 3 is 2.44 bits per heavy atom. The Morgan fingerprint density at radius 1 is 1.19 bits per heavy atom. The van der Waals surface area contributed by atoms with E-state index in [2.05, 4.69) is 31.2 Å². The van der Waals surface area contributed by atoms with E-state index in [0.29, 0.717) is 0 Å². The molecule has 0 amide bonds. The molecule has 0 aromatic carbocycles. The molecule has 0 spiro atoms. The number of rotatable bonds is 7. The van der Waals surface area contributed by atoms with Crippen molar-refractivity contribution >= 4 is 0 Å². The fraction of sp³-hybridized carbons (Fsp3) is 1.00. The third-order valence-corrected chi connectivity index (χ3v) is 3.85. The van der Waals surface area contributed by atoms with Crippen LogP contribution in [0.15, 0.2) is 0 Å². The molecule has 1 rings (SSSR count). The van der Waals surface area contributed by atoms with Gasteiger partial charge in [-0.15, -0.1) is 0 Å². The van der Waals surface area contributed by atoms with E-state index in [4.69, 9.17) is 0 Å². The molecule has 1 aliphatic carbocycles. The van der Waals surface area contributed by atoms with Gasteiger partial charge >= 0.3 is 0 Å². The zero-order chi connectivity index (χ0) is 11.8. The minimum Gasteiger partial charge on any atom is -0.314 e. The average molecular weight is 226 g/mol. The van der Waals surface area contributed by atoms with Gasteiger partial charge in [0.05, 0.1) is 0 Å². The van der Waals surface area contributed by atoms with Gasteiger partial charge in [-0.1, -0.05) is 26.2 Å². The zero-order valence-corrected chi connectivity index (χ0v) is 11.5. The Hall–Kier alpha value is -0.0800. The fourth-order valence-corrected chi connectivity index (χ4v) is 2.86. The van der Waals surface area contributed by atoms with E-state index in [1.165, 1.54) is 58.0 Å². The summed E-state index contributed by atoms with van der Waals surface area (Å²) in [5, 5.41) is 3.77. The molecule has 96 valence electrons. The minimum absolute atomic E-state index is 0.780. The van der Waals surface area contributed by atoms with Gasteiger partial charge in [-0.2, -0.15) is 0 Å². The molecule has 1 fully saturated rings. The minimum atomic E-state index is 0.780. The van der Waals surface area contributed by atoms with Gasteiger partial charge in [0.15, 0.2) is 0 Å². The number of nitrogens with zero attached hydrogens (tertiary/aromatic N) is 1. The van der Waals surface area contributed by atoms with E-state index in [9.17, 15) is 0 Å². The second-order valence-corrected chi connectivity index (χ2v) is 5.52. The van der Waals surface area contributed by atoms with Gasteiger partial charge in [0, 0.05) is 6.04 Å². The van der Waals surface area contributed by atoms with Crippen LogP contribution in [0.3, 0.4) is 0 Å². The predicted molar refractivity (Wildman–Crippen MR) is 71.8 cm³/mol. The predicted octanol–water partition coefficient (Wildman–Crippen LogP) is 2.89. The van der Waals surface area contributed by atoms with Crippen molar-refractivity contribution in [3.05, 3.63) is 0 Å². The number of hydrogen-bond donors (Lipinski definition) is 1. The lowest BCUT2D eigenvalue weighted by Gasteiger charge is -2.30. The summed E-state index contributed by atoms with van der Waals surface area (Å²) in [6.45, 7) is 4.72. The van der Waals surface area contributed by atoms with E-state index in [-0.39, 0.29) is 0 Å². The Morgan fingerprint density at radius 2 is 1.88 bits per heavy atom. The molecule has 0 bridgehead atoms. The van der Waals surface area contributed by atoms with Crippen LogP contribution in [0.25, 0.3) is 0 Å². The van der Waals surface area contributed by atoms with Crippen LogP contribution in [0.2, 0.25) is 0 Å². The molecule has 1 atom stereocenters. The van der Waals surface area contributed by atoms with E-state index in [1.807, 2.05) is 0 Å². The van der Waals surface area contributed by atoms with E-state index in [1.54, 1.807) is 0 Å². The fourth-order valence-electron chi connectivity index (χ4n) is 2.86. The summed E-state index contributed by atoms with van der Waals surface area (Å²) >= 11 is 0. The summed E-state index contributed by atoms with van der Waals surface area (Å²) in [7, 11) is 4.30. The maximum absolute atomic E-state index is 3.77. The van der Waals surface area contributed by atoms with Crippen LogP contribution < -0.4 is 5.32 Å². The van der Waals surface area contributed by atoms with Crippen LogP contribution in [0.5, 0.6) is 0 Å². The molecular weight excluding hydrogens is 196 g/mol. The summed E-state index contributed by atoms with van der Waals surface area (Å²) in [6, 6.07) is 0.780. The molecular formula is C14H30N2. The van der Waals surface area contributed by atoms with Gasteiger partial charge in [-0.25, -0.2) is 0 Å². The molecule has 1 unspecified atom stereocenters. The summed E-state index contributed by atoms with van der Waals surface area (Å²) < 4.78 is 0. The Bertz CT molecular complexity index is 162. The number of hydrogen-bond acceptors (Lipinski definition) is 2. The molecule has 0 aromatic heterocycles. The second-order valence-electron chi connectivity index (χ2n) is 5.52. The Kier molecular flexibility index (Phi) is 7.06. The van der Waals surface area contributed by atoms with Crippen LogP contribution in [-0.2, 0) is 0 Å². The monoisotopic (exact) mass is 226 g/mol. The van der Waals surface area contributed by atoms with Gasteiger partial charge < -0.3 is 10.2 Å². The molecule has 16 heavy (non-hydrogen) atoms. The van der Waals surface area contributed by atoms with Gasteiger partial charge in [-0.05, 0) is 58.8 Å². The summed E-state index contributed by atoms with van der Waals surface area (Å²) in [6.07, 6.45) is 9.87. The number of nitrogens with one attached hydrogen (secondary N) is 1. The normalized spacial score (nSPS) is 20.2. The van der Waals surface area contributed by atoms with Crippen molar-refractivity contribution < 1.29 is 0 Å². The smallest absolute Gasteiger partial charge is 0.00927 e. The summed E-state index contributed by atoms with van der Waals surface area (Å²) in [5.41, 5.74) is 0. The highest BCUT2D eigenvalue weighted by molar-refractivity contribution is 4.78. The van der Waals surface area contributed by atoms with Crippen molar-refractivity contribution in [2.24, 2.45) is 5.92 Å². The Labute approximate surface area is 102 Å². The van der Waals surface area contributed by atoms with E-state index < -0.39 is 0 Å². The molecule has 0 aliphatic heterocycles. The van der Waals surface area contributed by atoms with Crippen molar-refractivity contribution in [1.82, 2.24) is 10.2 Å². The first-order valence-electron chi connectivity index (χ1n) is 7.12. The quantitative estimate of drug-likeness (QED) is 0.672. The topological polar surface area (TPSA) is 15.3 Å². The van der Waals surface area contributed by atoms with Crippen molar-refractivity contribution in [3.63, 3.8) is 0 Å². The molecule has 0 saturated heterocycles. The SMILES string of the molecule is CCC(NCCCN(C)C)C1CCCCC1. The summed E-state index contributed by atoms with van der Waals surface area (Å²) in [5.74, 6) is 0.957. The van der Waals surface area contributed by atoms with Gasteiger partial charge in [0.1, 0.15) is 0 Å². The molecule has 0 heterocycles. The van der Waals surface area contributed by atoms with Crippen molar-refractivity contribution in [2.75, 3.05) is 27.2 Å². The van der Waals surface area contributed by atoms with E-state index >= 15 is 0 Å². The van der Waals surface area contributed by atoms with Crippen LogP contribution >= 0.6 is 0 Å². The third-order valence-electron chi connectivity index (χ3n) is 3.85. The molecule has 2 heteroatoms. The van der Waals surface area contributed by atoms with E-state index in [0.717, 1.165) is 12.0 Å². The second kappa shape index (κ2) is 8.08. The molecule has 0 aromatic rings. The van der Waals surface area contributed by atoms with Crippen LogP contribution in [0, 0.1) is 5.92 Å². The highest BCUT2D eigenvalue weighted by Crippen LogP contribution is 2.27. The van der Waals surface area contributed by atoms with Crippen molar-refractivity contribution in [2.45, 2.75) is 57.9 Å². The summed E-state index contributed by atoms with van der Waals surface area (Å²) in [4.78, 5) is 2.27. The maximum Gasteiger partial charge on any atom is 0.00927 e. The van der Waals surface area contributed by atoms with Crippen LogP contribution in [0.4, 0.5) is 0 Å². The third kappa shape index (κ3) is 5.31. The molecule has 0 radical (unpaired) electrons. The first kappa shape index (κ1) is 14.0. The lowest BCUT2D eigenvalue weighted by molar-refractivity contribution is 0.259. The van der Waals surface area contributed by atoms with Crippen LogP contribution in [-0.4, -0.2) is 38.1 Å². The maximum atomic E-state index is 3.77. The molecule has 1 N–H and O–H groups in total. The first-order chi connectivity index (χ1) is 7.74. The van der Waals surface area contributed by atoms with Crippen molar-refractivity contribution in [1.29, 1.82) is 0 Å². The molecule has 1 aliphatic rings. The van der Waals surface area contributed by atoms with Gasteiger partial charge in [-0.3, -0.25) is 0 Å². The van der Waals surface area contributed by atoms with Gasteiger partial charge in [0.2, 0.25) is 0 Å². The van der Waals surface area contributed by atoms with Gasteiger partial charge in [0.25, 0.3) is 0 Å². The van der Waals surface area contributed by atoms with Crippen LogP contribution in [0.1, 0.15) is 51.9 Å². The Balaban J connectivity index is 2.15. The lowest BCUT2D eigenvalue weighted by Crippen LogP contribution is -2.38. The lowest BCUT2D eigenvalue weighted by atomic mass is 9.83. The zero-order valence-electron chi connectivity index (χ0n) is 11.5. The van der Waals surface area contributed by atoms with Crippen molar-refractivity contribution in [3.8, 4) is 0 Å². The molecule has 1 saturated carbocycles. The largest absolute Gasteiger partial charge is 0.314 e. The standard InChI is InChI=1S/C14H30N2/c1-4-14(13-9-6-5-7-10-13)15-11-8-12-16(2)3/h13-15H,4-12H2,1-3H3. The highest BCUT2D eigenvalue weighted by atomic mass is 15.1. The molecule has 2 nitrogen and oxygen atoms in total. The average Bonchev–Trinajstić information content (AvgIpc) is 2.30. The first-order valence-corrected chi connectivity index (χ1v) is 7.12.